The second-order valence-electron chi connectivity index (χ2n) is 8.49. The summed E-state index contributed by atoms with van der Waals surface area (Å²) in [6, 6.07) is 7.84. The van der Waals surface area contributed by atoms with Crippen LogP contribution in [-0.2, 0) is 16.0 Å². The van der Waals surface area contributed by atoms with Gasteiger partial charge in [0.25, 0.3) is 0 Å². The van der Waals surface area contributed by atoms with Crippen molar-refractivity contribution in [3.05, 3.63) is 29.8 Å². The van der Waals surface area contributed by atoms with Crippen molar-refractivity contribution < 1.29 is 14.3 Å². The Balaban J connectivity index is 0.00000961. The number of alkyl carbamates (subject to hydrolysis) is 1. The van der Waals surface area contributed by atoms with Crippen molar-refractivity contribution in [2.45, 2.75) is 71.9 Å². The Hall–Kier alpha value is -2.04. The molecule has 9 heteroatoms. The van der Waals surface area contributed by atoms with Crippen LogP contribution in [0.15, 0.2) is 29.3 Å². The minimum Gasteiger partial charge on any atom is -0.444 e. The van der Waals surface area contributed by atoms with Gasteiger partial charge in [0.1, 0.15) is 5.60 Å². The molecule has 0 heterocycles. The van der Waals surface area contributed by atoms with E-state index in [0.717, 1.165) is 36.9 Å². The second-order valence-corrected chi connectivity index (χ2v) is 8.49. The minimum absolute atomic E-state index is 0. The number of carbonyl (C=O) groups is 2. The zero-order chi connectivity index (χ0) is 23.3. The predicted octanol–water partition coefficient (Wildman–Crippen LogP) is 4.05. The van der Waals surface area contributed by atoms with E-state index in [1.807, 2.05) is 45.0 Å². The molecule has 4 N–H and O–H groups in total. The van der Waals surface area contributed by atoms with Crippen LogP contribution in [0.5, 0.6) is 0 Å². The lowest BCUT2D eigenvalue weighted by Gasteiger charge is -2.24. The molecule has 1 aromatic rings. The summed E-state index contributed by atoms with van der Waals surface area (Å²) in [6.45, 7) is 10.3. The summed E-state index contributed by atoms with van der Waals surface area (Å²) in [5.41, 5.74) is 1.43. The van der Waals surface area contributed by atoms with E-state index in [9.17, 15) is 9.59 Å². The largest absolute Gasteiger partial charge is 0.444 e. The molecule has 1 aromatic carbocycles. The van der Waals surface area contributed by atoms with Crippen LogP contribution >= 0.6 is 24.0 Å². The van der Waals surface area contributed by atoms with Gasteiger partial charge in [0.05, 0.1) is 0 Å². The maximum atomic E-state index is 12.0. The average molecular weight is 562 g/mol. The fraction of sp³-hybridized carbons (Fsp3) is 0.609. The number of aliphatic imine (C=N–C) groups is 1. The van der Waals surface area contributed by atoms with Gasteiger partial charge in [-0.25, -0.2) is 4.79 Å². The van der Waals surface area contributed by atoms with Gasteiger partial charge in [-0.05, 0) is 51.3 Å². The molecule has 1 unspecified atom stereocenters. The van der Waals surface area contributed by atoms with E-state index in [-0.39, 0.29) is 35.9 Å². The maximum Gasteiger partial charge on any atom is 0.407 e. The summed E-state index contributed by atoms with van der Waals surface area (Å²) >= 11 is 0. The number of hydrogen-bond donors (Lipinski definition) is 4. The highest BCUT2D eigenvalue weighted by molar-refractivity contribution is 14.0. The Labute approximate surface area is 209 Å². The standard InChI is InChI=1S/C23H39N5O3.HI/c1-7-8-9-20(16-26-22(30)31-23(3,4)5)28-21(24-6)25-15-14-18-10-12-19(13-11-18)27-17(2)29;/h10-13,20H,7-9,14-16H2,1-6H3,(H,26,30)(H,27,29)(H2,24,25,28);1H. The molecule has 8 nitrogen and oxygen atoms in total. The van der Waals surface area contributed by atoms with Crippen LogP contribution in [0.1, 0.15) is 59.4 Å². The first-order valence-corrected chi connectivity index (χ1v) is 10.9. The summed E-state index contributed by atoms with van der Waals surface area (Å²) in [5.74, 6) is 0.616. The topological polar surface area (TPSA) is 104 Å². The van der Waals surface area contributed by atoms with Crippen molar-refractivity contribution in [2.75, 3.05) is 25.5 Å². The van der Waals surface area contributed by atoms with E-state index < -0.39 is 11.7 Å². The third-order valence-corrected chi connectivity index (χ3v) is 4.34. The van der Waals surface area contributed by atoms with Crippen LogP contribution in [0.25, 0.3) is 0 Å². The summed E-state index contributed by atoms with van der Waals surface area (Å²) < 4.78 is 5.32. The Morgan fingerprint density at radius 2 is 1.78 bits per heavy atom. The van der Waals surface area contributed by atoms with Crippen LogP contribution in [0.4, 0.5) is 10.5 Å². The monoisotopic (exact) mass is 561 g/mol. The molecule has 182 valence electrons. The third-order valence-electron chi connectivity index (χ3n) is 4.34. The first-order valence-electron chi connectivity index (χ1n) is 10.9. The van der Waals surface area contributed by atoms with Crippen molar-refractivity contribution in [1.82, 2.24) is 16.0 Å². The molecule has 0 aliphatic heterocycles. The van der Waals surface area contributed by atoms with Crippen molar-refractivity contribution in [3.8, 4) is 0 Å². The summed E-state index contributed by atoms with van der Waals surface area (Å²) in [6.07, 6.45) is 3.44. The molecule has 0 saturated heterocycles. The van der Waals surface area contributed by atoms with Gasteiger partial charge < -0.3 is 26.0 Å². The molecular weight excluding hydrogens is 521 g/mol. The van der Waals surface area contributed by atoms with E-state index in [1.54, 1.807) is 7.05 Å². The molecular formula is C23H40IN5O3. The molecule has 0 aliphatic rings. The molecule has 1 atom stereocenters. The van der Waals surface area contributed by atoms with Crippen LogP contribution in [-0.4, -0.2) is 49.7 Å². The van der Waals surface area contributed by atoms with Gasteiger partial charge in [-0.15, -0.1) is 24.0 Å². The van der Waals surface area contributed by atoms with Crippen LogP contribution < -0.4 is 21.3 Å². The highest BCUT2D eigenvalue weighted by Crippen LogP contribution is 2.10. The van der Waals surface area contributed by atoms with Crippen LogP contribution in [0.2, 0.25) is 0 Å². The number of benzene rings is 1. The predicted molar refractivity (Wildman–Crippen MR) is 142 cm³/mol. The molecule has 0 bridgehead atoms. The zero-order valence-corrected chi connectivity index (χ0v) is 22.5. The highest BCUT2D eigenvalue weighted by atomic mass is 127. The van der Waals surface area contributed by atoms with E-state index in [0.29, 0.717) is 19.0 Å². The number of anilines is 1. The van der Waals surface area contributed by atoms with Crippen molar-refractivity contribution in [2.24, 2.45) is 4.99 Å². The molecule has 0 aromatic heterocycles. The average Bonchev–Trinajstić information content (AvgIpc) is 2.68. The Kier molecular flexibility index (Phi) is 14.7. The number of nitrogens with one attached hydrogen (secondary N) is 4. The zero-order valence-electron chi connectivity index (χ0n) is 20.2. The fourth-order valence-corrected chi connectivity index (χ4v) is 2.87. The highest BCUT2D eigenvalue weighted by Gasteiger charge is 2.18. The van der Waals surface area contributed by atoms with Gasteiger partial charge in [-0.2, -0.15) is 0 Å². The van der Waals surface area contributed by atoms with Gasteiger partial charge in [0.2, 0.25) is 5.91 Å². The van der Waals surface area contributed by atoms with E-state index >= 15 is 0 Å². The molecule has 0 saturated carbocycles. The quantitative estimate of drug-likeness (QED) is 0.196. The maximum absolute atomic E-state index is 12.0. The molecule has 0 fully saturated rings. The van der Waals surface area contributed by atoms with Crippen molar-refractivity contribution in [1.29, 1.82) is 0 Å². The van der Waals surface area contributed by atoms with E-state index in [4.69, 9.17) is 4.74 Å². The number of carbonyl (C=O) groups excluding carboxylic acids is 2. The normalized spacial score (nSPS) is 12.2. The van der Waals surface area contributed by atoms with Gasteiger partial charge in [0.15, 0.2) is 5.96 Å². The van der Waals surface area contributed by atoms with Crippen molar-refractivity contribution >= 4 is 47.6 Å². The number of rotatable bonds is 10. The molecule has 32 heavy (non-hydrogen) atoms. The molecule has 0 spiro atoms. The number of ether oxygens (including phenoxy) is 1. The van der Waals surface area contributed by atoms with E-state index in [1.165, 1.54) is 6.92 Å². The summed E-state index contributed by atoms with van der Waals surface area (Å²) in [5, 5.41) is 12.3. The number of guanidine groups is 1. The summed E-state index contributed by atoms with van der Waals surface area (Å²) in [4.78, 5) is 27.4. The molecule has 2 amide bonds. The number of hydrogen-bond acceptors (Lipinski definition) is 4. The molecule has 0 radical (unpaired) electrons. The Morgan fingerprint density at radius 1 is 1.12 bits per heavy atom. The second kappa shape index (κ2) is 15.7. The van der Waals surface area contributed by atoms with Gasteiger partial charge in [-0.3, -0.25) is 9.79 Å². The lowest BCUT2D eigenvalue weighted by Crippen LogP contribution is -2.49. The minimum atomic E-state index is -0.519. The first-order chi connectivity index (χ1) is 14.6. The van der Waals surface area contributed by atoms with Gasteiger partial charge >= 0.3 is 6.09 Å². The van der Waals surface area contributed by atoms with E-state index in [2.05, 4.69) is 33.2 Å². The third kappa shape index (κ3) is 14.1. The first kappa shape index (κ1) is 30.0. The summed E-state index contributed by atoms with van der Waals surface area (Å²) in [7, 11) is 1.73. The fourth-order valence-electron chi connectivity index (χ4n) is 2.87. The number of nitrogens with zero attached hydrogens (tertiary/aromatic N) is 1. The Morgan fingerprint density at radius 3 is 2.31 bits per heavy atom. The van der Waals surface area contributed by atoms with Crippen molar-refractivity contribution in [3.63, 3.8) is 0 Å². The number of halogens is 1. The number of amides is 2. The molecule has 0 aliphatic carbocycles. The van der Waals surface area contributed by atoms with Gasteiger partial charge in [0, 0.05) is 38.8 Å². The lowest BCUT2D eigenvalue weighted by atomic mass is 10.1. The molecule has 1 rings (SSSR count). The Bertz CT molecular complexity index is 717. The number of unbranched alkanes of at least 4 members (excludes halogenated alkanes) is 1. The lowest BCUT2D eigenvalue weighted by molar-refractivity contribution is -0.114. The van der Waals surface area contributed by atoms with Gasteiger partial charge in [-0.1, -0.05) is 31.9 Å². The van der Waals surface area contributed by atoms with Crippen LogP contribution in [0, 0.1) is 0 Å². The SMILES string of the molecule is CCCCC(CNC(=O)OC(C)(C)C)NC(=NC)NCCc1ccc(NC(C)=O)cc1.I. The van der Waals surface area contributed by atoms with Crippen LogP contribution in [0.3, 0.4) is 0 Å². The smallest absolute Gasteiger partial charge is 0.407 e.